The lowest BCUT2D eigenvalue weighted by molar-refractivity contribution is -0.119. The van der Waals surface area contributed by atoms with E-state index in [0.717, 1.165) is 29.9 Å². The number of hydrogen-bond donors (Lipinski definition) is 1. The summed E-state index contributed by atoms with van der Waals surface area (Å²) in [6.07, 6.45) is 3.25. The first-order valence-corrected chi connectivity index (χ1v) is 11.8. The third-order valence-corrected chi connectivity index (χ3v) is 8.10. The molecular weight excluding hydrogens is 400 g/mol. The number of carbonyl (C=O) groups excluding carboxylic acids is 1. The molecule has 0 spiro atoms. The number of piperidine rings is 1. The van der Waals surface area contributed by atoms with E-state index in [4.69, 9.17) is 0 Å². The summed E-state index contributed by atoms with van der Waals surface area (Å²) >= 11 is 0. The molecule has 30 heavy (non-hydrogen) atoms. The number of nitrogens with zero attached hydrogens (tertiary/aromatic N) is 3. The van der Waals surface area contributed by atoms with E-state index >= 15 is 0 Å². The Kier molecular flexibility index (Phi) is 5.18. The zero-order chi connectivity index (χ0) is 21.7. The van der Waals surface area contributed by atoms with Crippen LogP contribution in [0, 0.1) is 0 Å². The Morgan fingerprint density at radius 2 is 1.87 bits per heavy atom. The van der Waals surface area contributed by atoms with Crippen molar-refractivity contribution in [2.45, 2.75) is 62.7 Å². The number of carbonyl (C=O) groups is 1. The highest BCUT2D eigenvalue weighted by Crippen LogP contribution is 2.39. The average Bonchev–Trinajstić information content (AvgIpc) is 2.96. The molecule has 7 nitrogen and oxygen atoms in total. The Labute approximate surface area is 178 Å². The molecule has 0 aliphatic carbocycles. The van der Waals surface area contributed by atoms with E-state index in [1.807, 2.05) is 19.9 Å². The SMILES string of the molecule is CC(C)c1nccc(C2CCN(S(=O)(=O)c3ccc4c(c3)C(C)(C)C(=O)N4)CC2)n1. The van der Waals surface area contributed by atoms with Gasteiger partial charge in [0.2, 0.25) is 15.9 Å². The molecule has 4 rings (SSSR count). The fourth-order valence-electron chi connectivity index (χ4n) is 4.15. The van der Waals surface area contributed by atoms with Crippen LogP contribution in [0.15, 0.2) is 35.4 Å². The van der Waals surface area contributed by atoms with Gasteiger partial charge in [0.1, 0.15) is 5.82 Å². The quantitative estimate of drug-likeness (QED) is 0.806. The molecule has 1 amide bonds. The van der Waals surface area contributed by atoms with Gasteiger partial charge in [-0.1, -0.05) is 13.8 Å². The molecule has 0 atom stereocenters. The van der Waals surface area contributed by atoms with Crippen molar-refractivity contribution in [1.82, 2.24) is 14.3 Å². The van der Waals surface area contributed by atoms with E-state index in [9.17, 15) is 13.2 Å². The molecule has 0 unspecified atom stereocenters. The lowest BCUT2D eigenvalue weighted by Crippen LogP contribution is -2.38. The second-order valence-corrected chi connectivity index (χ2v) is 10.9. The normalized spacial score (nSPS) is 19.7. The van der Waals surface area contributed by atoms with Gasteiger partial charge in [-0.15, -0.1) is 0 Å². The predicted molar refractivity (Wildman–Crippen MR) is 115 cm³/mol. The van der Waals surface area contributed by atoms with Gasteiger partial charge in [0, 0.05) is 42.5 Å². The summed E-state index contributed by atoms with van der Waals surface area (Å²) in [6, 6.07) is 6.86. The van der Waals surface area contributed by atoms with Crippen molar-refractivity contribution in [3.8, 4) is 0 Å². The summed E-state index contributed by atoms with van der Waals surface area (Å²) in [4.78, 5) is 21.4. The number of sulfonamides is 1. The summed E-state index contributed by atoms with van der Waals surface area (Å²) in [5.74, 6) is 1.21. The van der Waals surface area contributed by atoms with Gasteiger partial charge in [-0.2, -0.15) is 4.31 Å². The standard InChI is InChI=1S/C22H28N4O3S/c1-14(2)20-23-10-7-18(24-20)15-8-11-26(12-9-15)30(28,29)16-5-6-19-17(13-16)22(3,4)21(27)25-19/h5-7,10,13-15H,8-9,11-12H2,1-4H3,(H,25,27). The summed E-state index contributed by atoms with van der Waals surface area (Å²) in [5.41, 5.74) is 1.67. The minimum atomic E-state index is -3.62. The van der Waals surface area contributed by atoms with Crippen molar-refractivity contribution < 1.29 is 13.2 Å². The highest BCUT2D eigenvalue weighted by atomic mass is 32.2. The van der Waals surface area contributed by atoms with Crippen LogP contribution >= 0.6 is 0 Å². The molecule has 1 aromatic heterocycles. The molecule has 1 N–H and O–H groups in total. The van der Waals surface area contributed by atoms with E-state index in [2.05, 4.69) is 29.1 Å². The molecule has 2 aliphatic rings. The average molecular weight is 429 g/mol. The molecular formula is C22H28N4O3S. The van der Waals surface area contributed by atoms with Crippen LogP contribution in [-0.2, 0) is 20.2 Å². The van der Waals surface area contributed by atoms with Crippen molar-refractivity contribution in [3.05, 3.63) is 47.5 Å². The van der Waals surface area contributed by atoms with Crippen LogP contribution in [0.1, 0.15) is 69.5 Å². The van der Waals surface area contributed by atoms with Crippen molar-refractivity contribution in [1.29, 1.82) is 0 Å². The van der Waals surface area contributed by atoms with E-state index in [-0.39, 0.29) is 22.6 Å². The molecule has 1 fully saturated rings. The van der Waals surface area contributed by atoms with Gasteiger partial charge < -0.3 is 5.32 Å². The molecule has 8 heteroatoms. The summed E-state index contributed by atoms with van der Waals surface area (Å²) in [7, 11) is -3.62. The molecule has 3 heterocycles. The van der Waals surface area contributed by atoms with Crippen LogP contribution in [0.5, 0.6) is 0 Å². The van der Waals surface area contributed by atoms with Gasteiger partial charge in [-0.25, -0.2) is 18.4 Å². The van der Waals surface area contributed by atoms with Crippen LogP contribution in [0.3, 0.4) is 0 Å². The third kappa shape index (κ3) is 3.52. The largest absolute Gasteiger partial charge is 0.325 e. The Balaban J connectivity index is 1.52. The second-order valence-electron chi connectivity index (χ2n) is 8.96. The molecule has 0 saturated carbocycles. The van der Waals surface area contributed by atoms with Crippen molar-refractivity contribution in [2.24, 2.45) is 0 Å². The molecule has 1 aromatic carbocycles. The van der Waals surface area contributed by atoms with Crippen LogP contribution in [-0.4, -0.2) is 41.7 Å². The van der Waals surface area contributed by atoms with E-state index < -0.39 is 15.4 Å². The Bertz CT molecular complexity index is 1090. The lowest BCUT2D eigenvalue weighted by atomic mass is 9.86. The fraction of sp³-hybridized carbons (Fsp3) is 0.500. The zero-order valence-electron chi connectivity index (χ0n) is 17.8. The van der Waals surface area contributed by atoms with Crippen LogP contribution in [0.2, 0.25) is 0 Å². The molecule has 2 aromatic rings. The Morgan fingerprint density at radius 1 is 1.17 bits per heavy atom. The van der Waals surface area contributed by atoms with E-state index in [1.165, 1.54) is 0 Å². The summed E-state index contributed by atoms with van der Waals surface area (Å²) in [6.45, 7) is 8.65. The highest BCUT2D eigenvalue weighted by molar-refractivity contribution is 7.89. The molecule has 160 valence electrons. The number of rotatable bonds is 4. The van der Waals surface area contributed by atoms with Gasteiger partial charge in [-0.3, -0.25) is 4.79 Å². The maximum atomic E-state index is 13.3. The predicted octanol–water partition coefficient (Wildman–Crippen LogP) is 3.40. The Morgan fingerprint density at radius 3 is 2.53 bits per heavy atom. The third-order valence-electron chi connectivity index (χ3n) is 6.20. The first-order valence-electron chi connectivity index (χ1n) is 10.4. The van der Waals surface area contributed by atoms with Crippen molar-refractivity contribution in [2.75, 3.05) is 18.4 Å². The number of hydrogen-bond acceptors (Lipinski definition) is 5. The second kappa shape index (κ2) is 7.42. The summed E-state index contributed by atoms with van der Waals surface area (Å²) < 4.78 is 28.1. The smallest absolute Gasteiger partial charge is 0.243 e. The molecule has 0 radical (unpaired) electrons. The number of amides is 1. The van der Waals surface area contributed by atoms with Crippen LogP contribution < -0.4 is 5.32 Å². The van der Waals surface area contributed by atoms with Crippen LogP contribution in [0.25, 0.3) is 0 Å². The maximum absolute atomic E-state index is 13.3. The lowest BCUT2D eigenvalue weighted by Gasteiger charge is -2.31. The van der Waals surface area contributed by atoms with E-state index in [1.54, 1.807) is 28.7 Å². The van der Waals surface area contributed by atoms with Crippen molar-refractivity contribution in [3.63, 3.8) is 0 Å². The zero-order valence-corrected chi connectivity index (χ0v) is 18.7. The molecule has 1 saturated heterocycles. The van der Waals surface area contributed by atoms with Gasteiger partial charge >= 0.3 is 0 Å². The first-order chi connectivity index (χ1) is 14.1. The Hall–Kier alpha value is -2.32. The van der Waals surface area contributed by atoms with Crippen LogP contribution in [0.4, 0.5) is 5.69 Å². The first kappa shape index (κ1) is 20.9. The monoisotopic (exact) mass is 428 g/mol. The van der Waals surface area contributed by atoms with Gasteiger partial charge in [-0.05, 0) is 56.5 Å². The highest BCUT2D eigenvalue weighted by Gasteiger charge is 2.40. The number of nitrogens with one attached hydrogen (secondary N) is 1. The maximum Gasteiger partial charge on any atom is 0.243 e. The van der Waals surface area contributed by atoms with Gasteiger partial charge in [0.05, 0.1) is 10.3 Å². The van der Waals surface area contributed by atoms with Gasteiger partial charge in [0.25, 0.3) is 0 Å². The summed E-state index contributed by atoms with van der Waals surface area (Å²) in [5, 5.41) is 2.82. The topological polar surface area (TPSA) is 92.3 Å². The van der Waals surface area contributed by atoms with Crippen molar-refractivity contribution >= 4 is 21.6 Å². The van der Waals surface area contributed by atoms with E-state index in [0.29, 0.717) is 18.8 Å². The minimum absolute atomic E-state index is 0.113. The number of aromatic nitrogens is 2. The minimum Gasteiger partial charge on any atom is -0.325 e. The number of fused-ring (bicyclic) bond motifs is 1. The van der Waals surface area contributed by atoms with Gasteiger partial charge in [0.15, 0.2) is 0 Å². The fourth-order valence-corrected chi connectivity index (χ4v) is 5.64. The molecule has 0 bridgehead atoms. The number of benzene rings is 1. The number of anilines is 1. The molecule has 2 aliphatic heterocycles.